The van der Waals surface area contributed by atoms with Gasteiger partial charge in [-0.1, -0.05) is 6.07 Å². The van der Waals surface area contributed by atoms with Crippen molar-refractivity contribution >= 4 is 6.03 Å². The first-order valence-electron chi connectivity index (χ1n) is 6.49. The van der Waals surface area contributed by atoms with Crippen molar-refractivity contribution < 1.29 is 4.79 Å². The van der Waals surface area contributed by atoms with Gasteiger partial charge < -0.3 is 15.5 Å². The minimum absolute atomic E-state index is 0.0516. The highest BCUT2D eigenvalue weighted by Crippen LogP contribution is 2.21. The molecule has 2 N–H and O–H groups in total. The molecule has 1 aromatic heterocycles. The summed E-state index contributed by atoms with van der Waals surface area (Å²) in [4.78, 5) is 17.9. The van der Waals surface area contributed by atoms with Crippen molar-refractivity contribution in [2.75, 3.05) is 26.2 Å². The van der Waals surface area contributed by atoms with Crippen LogP contribution in [0.25, 0.3) is 0 Å². The van der Waals surface area contributed by atoms with Crippen molar-refractivity contribution in [1.82, 2.24) is 20.5 Å². The summed E-state index contributed by atoms with van der Waals surface area (Å²) in [5.41, 5.74) is 1.08. The standard InChI is InChI=1S/C13H18N4O/c18-13-16-12(11-2-1-4-14-7-11)9-17(13)8-10-3-5-15-6-10/h1-2,4,7,10,12,15H,3,5-6,8-9H2,(H,16,18). The van der Waals surface area contributed by atoms with Crippen LogP contribution >= 0.6 is 0 Å². The summed E-state index contributed by atoms with van der Waals surface area (Å²) in [6.07, 6.45) is 4.75. The van der Waals surface area contributed by atoms with Crippen LogP contribution in [0.2, 0.25) is 0 Å². The van der Waals surface area contributed by atoms with Crippen LogP contribution in [0.4, 0.5) is 4.79 Å². The fourth-order valence-electron chi connectivity index (χ4n) is 2.70. The van der Waals surface area contributed by atoms with Crippen molar-refractivity contribution in [2.45, 2.75) is 12.5 Å². The smallest absolute Gasteiger partial charge is 0.318 e. The van der Waals surface area contributed by atoms with Crippen molar-refractivity contribution in [1.29, 1.82) is 0 Å². The monoisotopic (exact) mass is 246 g/mol. The van der Waals surface area contributed by atoms with E-state index in [4.69, 9.17) is 0 Å². The van der Waals surface area contributed by atoms with E-state index in [0.29, 0.717) is 5.92 Å². The highest BCUT2D eigenvalue weighted by atomic mass is 16.2. The zero-order valence-corrected chi connectivity index (χ0v) is 10.3. The van der Waals surface area contributed by atoms with Gasteiger partial charge in [-0.3, -0.25) is 4.98 Å². The van der Waals surface area contributed by atoms with E-state index in [1.165, 1.54) is 6.42 Å². The molecule has 0 aliphatic carbocycles. The van der Waals surface area contributed by atoms with Gasteiger partial charge in [-0.15, -0.1) is 0 Å². The number of carbonyl (C=O) groups excluding carboxylic acids is 1. The SMILES string of the molecule is O=C1NC(c2cccnc2)CN1CC1CCNC1. The number of carbonyl (C=O) groups is 1. The van der Waals surface area contributed by atoms with Gasteiger partial charge in [-0.25, -0.2) is 4.79 Å². The maximum Gasteiger partial charge on any atom is 0.318 e. The Labute approximate surface area is 107 Å². The highest BCUT2D eigenvalue weighted by Gasteiger charge is 2.31. The molecule has 0 bridgehead atoms. The average molecular weight is 246 g/mol. The zero-order chi connectivity index (χ0) is 12.4. The second kappa shape index (κ2) is 4.94. The molecule has 0 aromatic carbocycles. The van der Waals surface area contributed by atoms with Gasteiger partial charge in [0, 0.05) is 25.5 Å². The lowest BCUT2D eigenvalue weighted by atomic mass is 10.1. The summed E-state index contributed by atoms with van der Waals surface area (Å²) < 4.78 is 0. The van der Waals surface area contributed by atoms with Crippen LogP contribution < -0.4 is 10.6 Å². The molecule has 2 atom stereocenters. The Hall–Kier alpha value is -1.62. The molecule has 2 unspecified atom stereocenters. The number of rotatable bonds is 3. The Balaban J connectivity index is 1.63. The molecule has 5 nitrogen and oxygen atoms in total. The van der Waals surface area contributed by atoms with E-state index in [2.05, 4.69) is 15.6 Å². The van der Waals surface area contributed by atoms with E-state index in [1.54, 1.807) is 6.20 Å². The number of nitrogens with zero attached hydrogens (tertiary/aromatic N) is 2. The molecule has 2 amide bonds. The number of amides is 2. The molecule has 2 fully saturated rings. The molecule has 2 saturated heterocycles. The second-order valence-electron chi connectivity index (χ2n) is 5.05. The van der Waals surface area contributed by atoms with E-state index >= 15 is 0 Å². The minimum Gasteiger partial charge on any atom is -0.329 e. The van der Waals surface area contributed by atoms with Crippen molar-refractivity contribution in [3.8, 4) is 0 Å². The Morgan fingerprint density at radius 3 is 3.17 bits per heavy atom. The van der Waals surface area contributed by atoms with E-state index in [0.717, 1.165) is 31.7 Å². The third-order valence-electron chi connectivity index (χ3n) is 3.72. The Kier molecular flexibility index (Phi) is 3.15. The molecular formula is C13H18N4O. The lowest BCUT2D eigenvalue weighted by molar-refractivity contribution is 0.210. The summed E-state index contributed by atoms with van der Waals surface area (Å²) in [6, 6.07) is 4.06. The topological polar surface area (TPSA) is 57.3 Å². The summed E-state index contributed by atoms with van der Waals surface area (Å²) >= 11 is 0. The van der Waals surface area contributed by atoms with Gasteiger partial charge in [0.05, 0.1) is 6.04 Å². The molecule has 5 heteroatoms. The van der Waals surface area contributed by atoms with Crippen molar-refractivity contribution in [3.05, 3.63) is 30.1 Å². The lowest BCUT2D eigenvalue weighted by Crippen LogP contribution is -2.33. The Bertz CT molecular complexity index is 416. The van der Waals surface area contributed by atoms with Crippen molar-refractivity contribution in [3.63, 3.8) is 0 Å². The van der Waals surface area contributed by atoms with E-state index < -0.39 is 0 Å². The van der Waals surface area contributed by atoms with Crippen LogP contribution in [-0.4, -0.2) is 42.1 Å². The van der Waals surface area contributed by atoms with Crippen LogP contribution in [0.3, 0.4) is 0 Å². The van der Waals surface area contributed by atoms with Crippen LogP contribution in [0.1, 0.15) is 18.0 Å². The summed E-state index contributed by atoms with van der Waals surface area (Å²) in [5.74, 6) is 0.600. The molecule has 2 aliphatic heterocycles. The molecule has 18 heavy (non-hydrogen) atoms. The molecule has 96 valence electrons. The Morgan fingerprint density at radius 2 is 2.44 bits per heavy atom. The maximum atomic E-state index is 11.9. The van der Waals surface area contributed by atoms with Crippen LogP contribution in [-0.2, 0) is 0 Å². The van der Waals surface area contributed by atoms with Crippen LogP contribution in [0, 0.1) is 5.92 Å². The van der Waals surface area contributed by atoms with E-state index in [-0.39, 0.29) is 12.1 Å². The van der Waals surface area contributed by atoms with Crippen molar-refractivity contribution in [2.24, 2.45) is 5.92 Å². The van der Waals surface area contributed by atoms with Gasteiger partial charge in [0.15, 0.2) is 0 Å². The van der Waals surface area contributed by atoms with Gasteiger partial charge in [0.1, 0.15) is 0 Å². The number of aromatic nitrogens is 1. The largest absolute Gasteiger partial charge is 0.329 e. The molecule has 3 heterocycles. The number of hydrogen-bond donors (Lipinski definition) is 2. The first-order chi connectivity index (χ1) is 8.83. The molecule has 2 aliphatic rings. The fourth-order valence-corrected chi connectivity index (χ4v) is 2.70. The molecule has 3 rings (SSSR count). The van der Waals surface area contributed by atoms with Gasteiger partial charge in [0.2, 0.25) is 0 Å². The predicted molar refractivity (Wildman–Crippen MR) is 68.1 cm³/mol. The predicted octanol–water partition coefficient (Wildman–Crippen LogP) is 0.757. The Morgan fingerprint density at radius 1 is 1.50 bits per heavy atom. The normalized spacial score (nSPS) is 27.6. The first-order valence-corrected chi connectivity index (χ1v) is 6.49. The summed E-state index contributed by atoms with van der Waals surface area (Å²) in [5, 5.41) is 6.36. The summed E-state index contributed by atoms with van der Waals surface area (Å²) in [6.45, 7) is 3.71. The maximum absolute atomic E-state index is 11.9. The van der Waals surface area contributed by atoms with Crippen LogP contribution in [0.15, 0.2) is 24.5 Å². The van der Waals surface area contributed by atoms with Gasteiger partial charge in [-0.05, 0) is 37.1 Å². The highest BCUT2D eigenvalue weighted by molar-refractivity contribution is 5.77. The molecule has 1 aromatic rings. The lowest BCUT2D eigenvalue weighted by Gasteiger charge is -2.18. The average Bonchev–Trinajstić information content (AvgIpc) is 3.02. The first kappa shape index (κ1) is 11.5. The molecule has 0 radical (unpaired) electrons. The molecular weight excluding hydrogens is 228 g/mol. The molecule has 0 spiro atoms. The van der Waals surface area contributed by atoms with Gasteiger partial charge in [0.25, 0.3) is 0 Å². The quantitative estimate of drug-likeness (QED) is 0.827. The second-order valence-corrected chi connectivity index (χ2v) is 5.05. The minimum atomic E-state index is 0.0516. The van der Waals surface area contributed by atoms with Crippen LogP contribution in [0.5, 0.6) is 0 Å². The van der Waals surface area contributed by atoms with E-state index in [9.17, 15) is 4.79 Å². The third kappa shape index (κ3) is 2.31. The number of urea groups is 1. The zero-order valence-electron chi connectivity index (χ0n) is 10.3. The number of nitrogens with one attached hydrogen (secondary N) is 2. The van der Waals surface area contributed by atoms with E-state index in [1.807, 2.05) is 23.2 Å². The third-order valence-corrected chi connectivity index (χ3v) is 3.72. The molecule has 0 saturated carbocycles. The van der Waals surface area contributed by atoms with Gasteiger partial charge >= 0.3 is 6.03 Å². The number of pyridine rings is 1. The van der Waals surface area contributed by atoms with Gasteiger partial charge in [-0.2, -0.15) is 0 Å². The summed E-state index contributed by atoms with van der Waals surface area (Å²) in [7, 11) is 0. The fraction of sp³-hybridized carbons (Fsp3) is 0.538. The number of hydrogen-bond acceptors (Lipinski definition) is 3.